The molecule has 16 heteroatoms. The first-order valence-corrected chi connectivity index (χ1v) is 14.5. The second-order valence-corrected chi connectivity index (χ2v) is 10.8. The number of nitrogens with zero attached hydrogens (tertiary/aromatic N) is 5. The molecule has 0 unspecified atom stereocenters. The van der Waals surface area contributed by atoms with Gasteiger partial charge in [-0.15, -0.1) is 0 Å². The first-order valence-electron chi connectivity index (χ1n) is 13.7. The summed E-state index contributed by atoms with van der Waals surface area (Å²) < 4.78 is 0. The number of carbonyl (C=O) groups excluding carboxylic acids is 1. The van der Waals surface area contributed by atoms with Crippen LogP contribution in [0.15, 0.2) is 107 Å². The number of carboxylic acids is 1. The molecule has 0 amide bonds. The van der Waals surface area contributed by atoms with Crippen molar-refractivity contribution in [1.82, 2.24) is 9.97 Å². The molecule has 0 saturated carbocycles. The van der Waals surface area contributed by atoms with E-state index in [1.54, 1.807) is 18.2 Å². The minimum absolute atomic E-state index is 0. The molecule has 1 radical (unpaired) electrons. The van der Waals surface area contributed by atoms with Crippen LogP contribution in [-0.2, 0) is 0 Å². The van der Waals surface area contributed by atoms with Crippen LogP contribution in [0, 0.1) is 55.4 Å². The summed E-state index contributed by atoms with van der Waals surface area (Å²) in [5.74, 6) is -0.674. The van der Waals surface area contributed by atoms with E-state index in [-0.39, 0.29) is 85.9 Å². The van der Waals surface area contributed by atoms with Crippen LogP contribution in [0.5, 0.6) is 0 Å². The fourth-order valence-electron chi connectivity index (χ4n) is 4.76. The molecule has 6 rings (SSSR count). The Labute approximate surface area is 344 Å². The maximum atomic E-state index is 11.0. The number of aromatic carboxylic acids is 1. The van der Waals surface area contributed by atoms with E-state index in [9.17, 15) is 9.90 Å². The first kappa shape index (κ1) is 41.9. The number of nitriles is 1. The Morgan fingerprint density at radius 3 is 1.56 bits per heavy atom. The summed E-state index contributed by atoms with van der Waals surface area (Å²) in [6.45, 7) is 0. The van der Waals surface area contributed by atoms with Gasteiger partial charge >= 0.3 is 18.9 Å². The van der Waals surface area contributed by atoms with Gasteiger partial charge in [0.15, 0.2) is 23.6 Å². The van der Waals surface area contributed by atoms with Gasteiger partial charge < -0.3 is 38.3 Å². The standard InChI is InChI=1S/C17H12ClN5.C17H13ClN4O2.Ac.Li.H2O/c18-15-9-22-16(23-17(20)21)14-7-12(4-5-13(14)15)11-3-1-2-10(6-11)8-19;18-14-8-21-15(22-17(19)20)13-7-10(4-5-12(13)14)9-2-1-3-11(6-9)16(23)24;;;/h1-7,9H,(H4,20,21,22,23);1-8H,(H,23,24)(H4,19,20,21,22);;;1H2/q;;;+1;/p-1. The molecule has 0 atom stereocenters. The fourth-order valence-corrected chi connectivity index (χ4v) is 5.19. The SMILES string of the molecule is N#Cc1cccc(-c2ccc3c(Cl)cnc(N=C(N)N)c3c2)c1.NC(N)=Nc1ncc(Cl)c2ccc(-c3cccc(C(=O)[O-])c3)cc12.O.[Ac].[Li+]. The zero-order valence-corrected chi connectivity index (χ0v) is 32.7. The summed E-state index contributed by atoms with van der Waals surface area (Å²) in [6.07, 6.45) is 2.99. The molecule has 4 aromatic carbocycles. The van der Waals surface area contributed by atoms with Crippen molar-refractivity contribution in [2.75, 3.05) is 0 Å². The number of hydrogen-bond acceptors (Lipinski definition) is 7. The predicted molar refractivity (Wildman–Crippen MR) is 188 cm³/mol. The second kappa shape index (κ2) is 18.7. The van der Waals surface area contributed by atoms with Gasteiger partial charge in [-0.25, -0.2) is 9.97 Å². The van der Waals surface area contributed by atoms with Gasteiger partial charge in [-0.3, -0.25) is 0 Å². The molecule has 243 valence electrons. The summed E-state index contributed by atoms with van der Waals surface area (Å²) in [7, 11) is 0. The van der Waals surface area contributed by atoms with E-state index >= 15 is 0 Å². The maximum Gasteiger partial charge on any atom is 1.00 e. The van der Waals surface area contributed by atoms with Crippen molar-refractivity contribution in [1.29, 1.82) is 5.26 Å². The molecule has 10 N–H and O–H groups in total. The van der Waals surface area contributed by atoms with Crippen molar-refractivity contribution in [3.63, 3.8) is 0 Å². The van der Waals surface area contributed by atoms with Gasteiger partial charge in [0.05, 0.1) is 27.6 Å². The number of aromatic nitrogens is 2. The minimum atomic E-state index is -1.23. The molecular formula is C34H26AcCl2LiN9O3. The predicted octanol–water partition coefficient (Wildman–Crippen LogP) is 1.33. The van der Waals surface area contributed by atoms with Gasteiger partial charge in [0.25, 0.3) is 0 Å². The molecule has 0 aliphatic heterocycles. The van der Waals surface area contributed by atoms with E-state index < -0.39 is 5.97 Å². The van der Waals surface area contributed by atoms with Crippen LogP contribution >= 0.6 is 23.2 Å². The third-order valence-electron chi connectivity index (χ3n) is 6.86. The molecular weight excluding hydrogens is 887 g/mol. The van der Waals surface area contributed by atoms with E-state index in [0.717, 1.165) is 32.8 Å². The molecule has 0 bridgehead atoms. The van der Waals surface area contributed by atoms with Crippen molar-refractivity contribution in [2.24, 2.45) is 32.9 Å². The third-order valence-corrected chi connectivity index (χ3v) is 7.46. The Balaban J connectivity index is 0.000000327. The van der Waals surface area contributed by atoms with Crippen LogP contribution in [0.2, 0.25) is 10.0 Å². The maximum absolute atomic E-state index is 11.0. The van der Waals surface area contributed by atoms with Gasteiger partial charge in [-0.05, 0) is 58.1 Å². The van der Waals surface area contributed by atoms with Crippen LogP contribution in [-0.4, -0.2) is 33.3 Å². The van der Waals surface area contributed by atoms with Crippen molar-refractivity contribution >= 4 is 74.3 Å². The topological polar surface area (TPSA) is 250 Å². The summed E-state index contributed by atoms with van der Waals surface area (Å²) in [6, 6.07) is 27.1. The number of carbonyl (C=O) groups is 1. The van der Waals surface area contributed by atoms with Crippen LogP contribution in [0.4, 0.5) is 11.6 Å². The van der Waals surface area contributed by atoms with Crippen LogP contribution in [0.3, 0.4) is 0 Å². The average molecular weight is 913 g/mol. The third kappa shape index (κ3) is 9.94. The molecule has 0 saturated heterocycles. The van der Waals surface area contributed by atoms with E-state index in [2.05, 4.69) is 26.0 Å². The van der Waals surface area contributed by atoms with Crippen molar-refractivity contribution in [2.45, 2.75) is 0 Å². The van der Waals surface area contributed by atoms with Gasteiger partial charge in [0.1, 0.15) is 0 Å². The summed E-state index contributed by atoms with van der Waals surface area (Å²) in [4.78, 5) is 27.4. The number of aliphatic imine (C=N–C) groups is 2. The van der Waals surface area contributed by atoms with Gasteiger partial charge in [-0.1, -0.05) is 77.8 Å². The van der Waals surface area contributed by atoms with E-state index in [1.165, 1.54) is 24.5 Å². The van der Waals surface area contributed by atoms with Crippen molar-refractivity contribution in [3.8, 4) is 28.3 Å². The second-order valence-electron chi connectivity index (χ2n) is 10.0. The molecule has 50 heavy (non-hydrogen) atoms. The van der Waals surface area contributed by atoms with Crippen molar-refractivity contribution in [3.05, 3.63) is 118 Å². The number of pyridine rings is 2. The fraction of sp³-hybridized carbons (Fsp3) is 0. The first-order chi connectivity index (χ1) is 22.5. The van der Waals surface area contributed by atoms with E-state index in [4.69, 9.17) is 51.4 Å². The summed E-state index contributed by atoms with van der Waals surface area (Å²) >= 11 is 12.4. The Hall–Kier alpha value is -4.22. The van der Waals surface area contributed by atoms with Crippen LogP contribution < -0.4 is 46.9 Å². The number of benzene rings is 4. The molecule has 2 heterocycles. The smallest absolute Gasteiger partial charge is 0.545 e. The number of carboxylic acid groups (broad SMARTS) is 1. The van der Waals surface area contributed by atoms with E-state index in [0.29, 0.717) is 38.2 Å². The molecule has 6 aromatic rings. The molecule has 0 fully saturated rings. The monoisotopic (exact) mass is 912 g/mol. The van der Waals surface area contributed by atoms with Gasteiger partial charge in [0.2, 0.25) is 0 Å². The largest absolute Gasteiger partial charge is 1.00 e. The number of guanidine groups is 2. The Morgan fingerprint density at radius 2 is 1.12 bits per heavy atom. The van der Waals surface area contributed by atoms with Gasteiger partial charge in [0, 0.05) is 78.0 Å². The molecule has 0 spiro atoms. The zero-order chi connectivity index (χ0) is 33.7. The molecule has 0 aliphatic carbocycles. The summed E-state index contributed by atoms with van der Waals surface area (Å²) in [5.41, 5.74) is 25.8. The molecule has 0 aliphatic rings. The van der Waals surface area contributed by atoms with Crippen LogP contribution in [0.1, 0.15) is 15.9 Å². The Kier molecular flexibility index (Phi) is 15.7. The quantitative estimate of drug-likeness (QED) is 0.111. The van der Waals surface area contributed by atoms with Crippen LogP contribution in [0.25, 0.3) is 43.8 Å². The Bertz CT molecular complexity index is 2290. The number of fused-ring (bicyclic) bond motifs is 2. The normalized spacial score (nSPS) is 9.78. The molecule has 12 nitrogen and oxygen atoms in total. The molecule has 2 aromatic heterocycles. The summed E-state index contributed by atoms with van der Waals surface area (Å²) in [5, 5.41) is 24.0. The van der Waals surface area contributed by atoms with Crippen molar-refractivity contribution < 1.29 is 78.3 Å². The number of rotatable bonds is 5. The number of nitrogens with two attached hydrogens (primary N) is 4. The minimum Gasteiger partial charge on any atom is -0.545 e. The van der Waals surface area contributed by atoms with Gasteiger partial charge in [-0.2, -0.15) is 15.2 Å². The van der Waals surface area contributed by atoms with E-state index in [1.807, 2.05) is 54.6 Å². The number of halogens is 2. The Morgan fingerprint density at radius 1 is 0.680 bits per heavy atom. The number of hydrogen-bond donors (Lipinski definition) is 4. The zero-order valence-electron chi connectivity index (χ0n) is 26.4. The average Bonchev–Trinajstić information content (AvgIpc) is 3.07.